The van der Waals surface area contributed by atoms with Crippen molar-refractivity contribution in [2.24, 2.45) is 0 Å². The van der Waals surface area contributed by atoms with Gasteiger partial charge in [-0.2, -0.15) is 5.10 Å². The molecule has 0 saturated carbocycles. The molecule has 6 aromatic rings. The quantitative estimate of drug-likeness (QED) is 0.305. The van der Waals surface area contributed by atoms with E-state index in [-0.39, 0.29) is 11.9 Å². The van der Waals surface area contributed by atoms with Gasteiger partial charge in [0, 0.05) is 23.5 Å². The Morgan fingerprint density at radius 3 is 2.74 bits per heavy atom. The van der Waals surface area contributed by atoms with Gasteiger partial charge in [-0.05, 0) is 67.9 Å². The summed E-state index contributed by atoms with van der Waals surface area (Å²) in [6.07, 6.45) is 7.32. The molecule has 188 valence electrons. The number of aromatic amines is 2. The van der Waals surface area contributed by atoms with Crippen molar-refractivity contribution >= 4 is 22.2 Å². The molecule has 38 heavy (non-hydrogen) atoms. The van der Waals surface area contributed by atoms with Crippen molar-refractivity contribution in [3.8, 4) is 39.7 Å². The fraction of sp³-hybridized carbons (Fsp3) is 0.179. The van der Waals surface area contributed by atoms with Gasteiger partial charge in [-0.25, -0.2) is 19.3 Å². The molecule has 0 unspecified atom stereocenters. The number of hydrogen-bond donors (Lipinski definition) is 3. The van der Waals surface area contributed by atoms with E-state index in [2.05, 4.69) is 30.5 Å². The molecule has 1 saturated heterocycles. The molecule has 1 aromatic carbocycles. The minimum absolute atomic E-state index is 0.183. The predicted molar refractivity (Wildman–Crippen MR) is 142 cm³/mol. The maximum Gasteiger partial charge on any atom is 0.162 e. The second kappa shape index (κ2) is 9.31. The Morgan fingerprint density at radius 1 is 0.921 bits per heavy atom. The summed E-state index contributed by atoms with van der Waals surface area (Å²) >= 11 is 0. The number of aromatic nitrogens is 7. The van der Waals surface area contributed by atoms with Gasteiger partial charge in [0.1, 0.15) is 28.7 Å². The van der Waals surface area contributed by atoms with Crippen molar-refractivity contribution in [3.63, 3.8) is 0 Å². The summed E-state index contributed by atoms with van der Waals surface area (Å²) in [6.45, 7) is 1.92. The minimum atomic E-state index is -0.307. The number of fused-ring (bicyclic) bond motifs is 2. The Labute approximate surface area is 216 Å². The number of ether oxygens (including phenoxy) is 1. The first kappa shape index (κ1) is 22.5. The van der Waals surface area contributed by atoms with Gasteiger partial charge in [-0.15, -0.1) is 0 Å². The van der Waals surface area contributed by atoms with Crippen molar-refractivity contribution in [2.75, 3.05) is 13.1 Å². The summed E-state index contributed by atoms with van der Waals surface area (Å²) in [4.78, 5) is 21.8. The van der Waals surface area contributed by atoms with E-state index in [4.69, 9.17) is 14.7 Å². The second-order valence-electron chi connectivity index (χ2n) is 9.29. The van der Waals surface area contributed by atoms with Crippen LogP contribution >= 0.6 is 0 Å². The lowest BCUT2D eigenvalue weighted by Crippen LogP contribution is -2.34. The van der Waals surface area contributed by atoms with Gasteiger partial charge >= 0.3 is 0 Å². The molecule has 0 bridgehead atoms. The summed E-state index contributed by atoms with van der Waals surface area (Å²) in [5, 5.41) is 10.9. The van der Waals surface area contributed by atoms with Crippen molar-refractivity contribution in [1.29, 1.82) is 0 Å². The van der Waals surface area contributed by atoms with Gasteiger partial charge in [-0.1, -0.05) is 12.1 Å². The summed E-state index contributed by atoms with van der Waals surface area (Å²) in [6, 6.07) is 14.1. The van der Waals surface area contributed by atoms with Gasteiger partial charge < -0.3 is 15.0 Å². The van der Waals surface area contributed by atoms with Crippen LogP contribution < -0.4 is 10.1 Å². The highest BCUT2D eigenvalue weighted by molar-refractivity contribution is 5.94. The number of nitrogens with one attached hydrogen (secondary N) is 3. The van der Waals surface area contributed by atoms with E-state index in [9.17, 15) is 4.39 Å². The van der Waals surface area contributed by atoms with Crippen LogP contribution in [0.5, 0.6) is 5.75 Å². The maximum atomic E-state index is 13.9. The number of piperidine rings is 1. The molecule has 0 spiro atoms. The SMILES string of the molecule is Fc1cccc(-c2ccnc3[nH]c(-c4n[nH]c5ccc(-c6cncc(OC7CCNCC7)c6)nc45)nc23)c1. The Hall–Kier alpha value is -4.70. The van der Waals surface area contributed by atoms with Crippen LogP contribution in [0.4, 0.5) is 4.39 Å². The number of hydrogen-bond acceptors (Lipinski definition) is 7. The van der Waals surface area contributed by atoms with E-state index in [1.54, 1.807) is 24.7 Å². The van der Waals surface area contributed by atoms with Crippen LogP contribution in [0.25, 0.3) is 56.1 Å². The molecule has 1 fully saturated rings. The lowest BCUT2D eigenvalue weighted by molar-refractivity contribution is 0.162. The minimum Gasteiger partial charge on any atom is -0.489 e. The fourth-order valence-electron chi connectivity index (χ4n) is 4.87. The van der Waals surface area contributed by atoms with Gasteiger partial charge in [0.05, 0.1) is 17.4 Å². The molecule has 0 radical (unpaired) electrons. The first-order valence-corrected chi connectivity index (χ1v) is 12.5. The second-order valence-corrected chi connectivity index (χ2v) is 9.29. The zero-order valence-corrected chi connectivity index (χ0v) is 20.3. The first-order valence-electron chi connectivity index (χ1n) is 12.5. The lowest BCUT2D eigenvalue weighted by Gasteiger charge is -2.23. The number of benzene rings is 1. The Balaban J connectivity index is 1.26. The first-order chi connectivity index (χ1) is 18.7. The molecule has 10 heteroatoms. The number of H-pyrrole nitrogens is 2. The summed E-state index contributed by atoms with van der Waals surface area (Å²) < 4.78 is 20.1. The van der Waals surface area contributed by atoms with Crippen molar-refractivity contribution in [2.45, 2.75) is 18.9 Å². The fourth-order valence-corrected chi connectivity index (χ4v) is 4.87. The lowest BCUT2D eigenvalue weighted by atomic mass is 10.1. The van der Waals surface area contributed by atoms with Crippen LogP contribution in [0, 0.1) is 5.82 Å². The topological polar surface area (TPSA) is 117 Å². The highest BCUT2D eigenvalue weighted by Crippen LogP contribution is 2.31. The van der Waals surface area contributed by atoms with E-state index in [0.29, 0.717) is 28.2 Å². The number of pyridine rings is 3. The predicted octanol–water partition coefficient (Wildman–Crippen LogP) is 4.90. The molecule has 7 rings (SSSR count). The van der Waals surface area contributed by atoms with Crippen LogP contribution in [-0.4, -0.2) is 54.3 Å². The van der Waals surface area contributed by atoms with Crippen LogP contribution in [0.15, 0.2) is 67.1 Å². The molecule has 9 nitrogen and oxygen atoms in total. The van der Waals surface area contributed by atoms with Crippen LogP contribution in [-0.2, 0) is 0 Å². The number of halogens is 1. The average Bonchev–Trinajstić information content (AvgIpc) is 3.57. The zero-order valence-electron chi connectivity index (χ0n) is 20.3. The van der Waals surface area contributed by atoms with Crippen LogP contribution in [0.2, 0.25) is 0 Å². The van der Waals surface area contributed by atoms with Crippen LogP contribution in [0.1, 0.15) is 12.8 Å². The van der Waals surface area contributed by atoms with E-state index in [0.717, 1.165) is 59.6 Å². The molecule has 0 amide bonds. The maximum absolute atomic E-state index is 13.9. The number of rotatable bonds is 5. The Bertz CT molecular complexity index is 1770. The monoisotopic (exact) mass is 506 g/mol. The molecule has 0 aliphatic carbocycles. The van der Waals surface area contributed by atoms with E-state index in [1.807, 2.05) is 30.3 Å². The molecule has 3 N–H and O–H groups in total. The van der Waals surface area contributed by atoms with Gasteiger partial charge in [0.15, 0.2) is 17.2 Å². The van der Waals surface area contributed by atoms with Gasteiger partial charge in [0.2, 0.25) is 0 Å². The molecule has 5 aromatic heterocycles. The van der Waals surface area contributed by atoms with Crippen molar-refractivity contribution in [3.05, 3.63) is 72.9 Å². The van der Waals surface area contributed by atoms with E-state index in [1.165, 1.54) is 12.1 Å². The molecule has 1 aliphatic rings. The van der Waals surface area contributed by atoms with Crippen molar-refractivity contribution < 1.29 is 9.13 Å². The van der Waals surface area contributed by atoms with E-state index >= 15 is 0 Å². The summed E-state index contributed by atoms with van der Waals surface area (Å²) in [7, 11) is 0. The highest BCUT2D eigenvalue weighted by atomic mass is 19.1. The normalized spacial score (nSPS) is 14.3. The molecular weight excluding hydrogens is 483 g/mol. The molecule has 0 atom stereocenters. The third kappa shape index (κ3) is 4.14. The van der Waals surface area contributed by atoms with Crippen LogP contribution in [0.3, 0.4) is 0 Å². The third-order valence-corrected chi connectivity index (χ3v) is 6.75. The van der Waals surface area contributed by atoms with Gasteiger partial charge in [-0.3, -0.25) is 10.1 Å². The standard InChI is InChI=1S/C28H23FN8O/c29-18-3-1-2-16(12-18)21-8-11-32-27-24(21)34-28(35-27)26-25-23(36-37-26)5-4-22(33-25)17-13-20(15-31-14-17)38-19-6-9-30-10-7-19/h1-5,8,11-15,19,30H,6-7,9-10H2,(H,36,37)(H,32,34,35). The number of imidazole rings is 1. The smallest absolute Gasteiger partial charge is 0.162 e. The summed E-state index contributed by atoms with van der Waals surface area (Å²) in [5.74, 6) is 0.947. The highest BCUT2D eigenvalue weighted by Gasteiger charge is 2.18. The number of nitrogens with zero attached hydrogens (tertiary/aromatic N) is 5. The zero-order chi connectivity index (χ0) is 25.5. The summed E-state index contributed by atoms with van der Waals surface area (Å²) in [5.41, 5.74) is 6.33. The Morgan fingerprint density at radius 2 is 1.84 bits per heavy atom. The average molecular weight is 507 g/mol. The van der Waals surface area contributed by atoms with Gasteiger partial charge in [0.25, 0.3) is 0 Å². The van der Waals surface area contributed by atoms with E-state index < -0.39 is 0 Å². The molecule has 6 heterocycles. The largest absolute Gasteiger partial charge is 0.489 e. The third-order valence-electron chi connectivity index (χ3n) is 6.75. The molecular formula is C28H23FN8O. The van der Waals surface area contributed by atoms with Crippen molar-refractivity contribution in [1.82, 2.24) is 40.4 Å². The Kier molecular flexibility index (Phi) is 5.51. The molecule has 1 aliphatic heterocycles.